The number of rotatable bonds is 7. The molecule has 0 aromatic heterocycles. The van der Waals surface area contributed by atoms with Crippen LogP contribution in [0.5, 0.6) is 0 Å². The summed E-state index contributed by atoms with van der Waals surface area (Å²) < 4.78 is 13.4. The van der Waals surface area contributed by atoms with Crippen LogP contribution in [0.4, 0.5) is 10.1 Å². The van der Waals surface area contributed by atoms with Crippen molar-refractivity contribution in [3.05, 3.63) is 66.0 Å². The van der Waals surface area contributed by atoms with Crippen LogP contribution < -0.4 is 5.32 Å². The van der Waals surface area contributed by atoms with Crippen LogP contribution in [-0.2, 0) is 16.0 Å². The number of halogens is 1. The summed E-state index contributed by atoms with van der Waals surface area (Å²) in [5, 5.41) is 2.80. The normalized spacial score (nSPS) is 19.8. The Labute approximate surface area is 208 Å². The molecule has 6 nitrogen and oxygen atoms in total. The lowest BCUT2D eigenvalue weighted by Gasteiger charge is -2.41. The number of hydrogen-bond donors (Lipinski definition) is 1. The zero-order valence-corrected chi connectivity index (χ0v) is 20.8. The highest BCUT2D eigenvalue weighted by Crippen LogP contribution is 2.23. The fourth-order valence-electron chi connectivity index (χ4n) is 5.22. The Hall–Kier alpha value is -2.77. The Morgan fingerprint density at radius 1 is 0.886 bits per heavy atom. The van der Waals surface area contributed by atoms with Crippen molar-refractivity contribution in [1.29, 1.82) is 0 Å². The van der Waals surface area contributed by atoms with Crippen molar-refractivity contribution in [3.63, 3.8) is 0 Å². The molecule has 0 bridgehead atoms. The maximum Gasteiger partial charge on any atom is 0.241 e. The topological polar surface area (TPSA) is 55.9 Å². The van der Waals surface area contributed by atoms with Crippen molar-refractivity contribution in [2.24, 2.45) is 5.92 Å². The SMILES string of the molecule is CC(C(=O)Nc1cccc(F)c1)N1CCN(C(C)C(=O)N2CCC(Cc3ccccc3)CC2)CC1. The lowest BCUT2D eigenvalue weighted by atomic mass is 9.90. The van der Waals surface area contributed by atoms with E-state index in [1.807, 2.05) is 24.8 Å². The molecule has 2 amide bonds. The molecule has 2 saturated heterocycles. The third-order valence-corrected chi connectivity index (χ3v) is 7.57. The summed E-state index contributed by atoms with van der Waals surface area (Å²) in [6, 6.07) is 16.1. The second-order valence-corrected chi connectivity index (χ2v) is 9.88. The van der Waals surface area contributed by atoms with E-state index in [4.69, 9.17) is 0 Å². The number of piperazine rings is 1. The predicted molar refractivity (Wildman–Crippen MR) is 137 cm³/mol. The van der Waals surface area contributed by atoms with Gasteiger partial charge in [0, 0.05) is 45.0 Å². The molecule has 0 radical (unpaired) electrons. The number of carbonyl (C=O) groups excluding carboxylic acids is 2. The zero-order valence-electron chi connectivity index (χ0n) is 20.8. The lowest BCUT2D eigenvalue weighted by molar-refractivity contribution is -0.139. The number of carbonyl (C=O) groups is 2. The average Bonchev–Trinajstić information content (AvgIpc) is 2.88. The number of hydrogen-bond acceptors (Lipinski definition) is 4. The van der Waals surface area contributed by atoms with Crippen LogP contribution >= 0.6 is 0 Å². The maximum absolute atomic E-state index is 13.4. The van der Waals surface area contributed by atoms with E-state index >= 15 is 0 Å². The van der Waals surface area contributed by atoms with Gasteiger partial charge in [-0.25, -0.2) is 4.39 Å². The summed E-state index contributed by atoms with van der Waals surface area (Å²) in [4.78, 5) is 32.2. The van der Waals surface area contributed by atoms with Crippen molar-refractivity contribution in [1.82, 2.24) is 14.7 Å². The molecule has 35 heavy (non-hydrogen) atoms. The van der Waals surface area contributed by atoms with Crippen molar-refractivity contribution in [2.75, 3.05) is 44.6 Å². The van der Waals surface area contributed by atoms with Gasteiger partial charge in [0.1, 0.15) is 5.82 Å². The minimum absolute atomic E-state index is 0.147. The van der Waals surface area contributed by atoms with Gasteiger partial charge in [-0.15, -0.1) is 0 Å². The standard InChI is InChI=1S/C28H37FN4O2/c1-21(27(34)30-26-10-6-9-25(29)20-26)31-15-17-32(18-16-31)22(2)28(35)33-13-11-24(12-14-33)19-23-7-4-3-5-8-23/h3-10,20-22,24H,11-19H2,1-2H3,(H,30,34). The van der Waals surface area contributed by atoms with Gasteiger partial charge >= 0.3 is 0 Å². The molecule has 2 unspecified atom stereocenters. The van der Waals surface area contributed by atoms with Crippen LogP contribution in [0.1, 0.15) is 32.3 Å². The first kappa shape index (κ1) is 25.3. The molecule has 4 rings (SSSR count). The Morgan fingerprint density at radius 2 is 1.51 bits per heavy atom. The highest BCUT2D eigenvalue weighted by molar-refractivity contribution is 5.94. The molecule has 2 aliphatic rings. The zero-order chi connectivity index (χ0) is 24.8. The molecule has 1 N–H and O–H groups in total. The van der Waals surface area contributed by atoms with E-state index in [2.05, 4.69) is 39.4 Å². The molecule has 7 heteroatoms. The molecule has 2 aliphatic heterocycles. The first-order chi connectivity index (χ1) is 16.9. The minimum Gasteiger partial charge on any atom is -0.341 e. The third-order valence-electron chi connectivity index (χ3n) is 7.57. The summed E-state index contributed by atoms with van der Waals surface area (Å²) in [6.07, 6.45) is 3.20. The molecule has 2 heterocycles. The van der Waals surface area contributed by atoms with Crippen molar-refractivity contribution >= 4 is 17.5 Å². The maximum atomic E-state index is 13.4. The van der Waals surface area contributed by atoms with Crippen molar-refractivity contribution < 1.29 is 14.0 Å². The first-order valence-electron chi connectivity index (χ1n) is 12.8. The number of anilines is 1. The Morgan fingerprint density at radius 3 is 2.14 bits per heavy atom. The molecule has 0 aliphatic carbocycles. The average molecular weight is 481 g/mol. The highest BCUT2D eigenvalue weighted by atomic mass is 19.1. The van der Waals surface area contributed by atoms with Crippen LogP contribution in [0.2, 0.25) is 0 Å². The molecule has 2 aromatic rings. The number of piperidine rings is 1. The van der Waals surface area contributed by atoms with E-state index in [1.165, 1.54) is 17.7 Å². The number of nitrogens with zero attached hydrogens (tertiary/aromatic N) is 3. The van der Waals surface area contributed by atoms with Gasteiger partial charge in [-0.3, -0.25) is 19.4 Å². The largest absolute Gasteiger partial charge is 0.341 e. The second-order valence-electron chi connectivity index (χ2n) is 9.88. The van der Waals surface area contributed by atoms with Gasteiger partial charge < -0.3 is 10.2 Å². The summed E-state index contributed by atoms with van der Waals surface area (Å²) in [6.45, 7) is 8.47. The summed E-state index contributed by atoms with van der Waals surface area (Å²) >= 11 is 0. The smallest absolute Gasteiger partial charge is 0.241 e. The lowest BCUT2D eigenvalue weighted by Crippen LogP contribution is -2.57. The molecule has 0 saturated carbocycles. The van der Waals surface area contributed by atoms with Crippen LogP contribution in [0.3, 0.4) is 0 Å². The number of nitrogens with one attached hydrogen (secondary N) is 1. The fourth-order valence-corrected chi connectivity index (χ4v) is 5.22. The van der Waals surface area contributed by atoms with E-state index < -0.39 is 0 Å². The van der Waals surface area contributed by atoms with Crippen LogP contribution in [0.25, 0.3) is 0 Å². The molecular weight excluding hydrogens is 443 g/mol. The van der Waals surface area contributed by atoms with E-state index in [-0.39, 0.29) is 29.7 Å². The van der Waals surface area contributed by atoms with Crippen LogP contribution in [0, 0.1) is 11.7 Å². The summed E-state index contributed by atoms with van der Waals surface area (Å²) in [5.74, 6) is 0.337. The predicted octanol–water partition coefficient (Wildman–Crippen LogP) is 3.64. The van der Waals surface area contributed by atoms with Gasteiger partial charge in [0.05, 0.1) is 12.1 Å². The third kappa shape index (κ3) is 6.67. The van der Waals surface area contributed by atoms with Gasteiger partial charge in [-0.1, -0.05) is 36.4 Å². The van der Waals surface area contributed by atoms with Gasteiger partial charge in [0.25, 0.3) is 0 Å². The van der Waals surface area contributed by atoms with E-state index in [9.17, 15) is 14.0 Å². The number of benzene rings is 2. The minimum atomic E-state index is -0.372. The van der Waals surface area contributed by atoms with Crippen LogP contribution in [-0.4, -0.2) is 77.9 Å². The van der Waals surface area contributed by atoms with Crippen molar-refractivity contribution in [2.45, 2.75) is 45.2 Å². The fraction of sp³-hybridized carbons (Fsp3) is 0.500. The molecule has 2 aromatic carbocycles. The Balaban J connectivity index is 1.21. The highest BCUT2D eigenvalue weighted by Gasteiger charge is 2.32. The van der Waals surface area contributed by atoms with Gasteiger partial charge in [-0.2, -0.15) is 0 Å². The second kappa shape index (κ2) is 11.8. The van der Waals surface area contributed by atoms with Gasteiger partial charge in [-0.05, 0) is 62.8 Å². The molecule has 188 valence electrons. The van der Waals surface area contributed by atoms with E-state index in [0.717, 1.165) is 45.4 Å². The van der Waals surface area contributed by atoms with Crippen molar-refractivity contribution in [3.8, 4) is 0 Å². The Kier molecular flexibility index (Phi) is 8.52. The number of amides is 2. The van der Waals surface area contributed by atoms with Crippen LogP contribution in [0.15, 0.2) is 54.6 Å². The molecule has 2 atom stereocenters. The van der Waals surface area contributed by atoms with Gasteiger partial charge in [0.2, 0.25) is 11.8 Å². The van der Waals surface area contributed by atoms with E-state index in [0.29, 0.717) is 24.7 Å². The summed E-state index contributed by atoms with van der Waals surface area (Å²) in [7, 11) is 0. The summed E-state index contributed by atoms with van der Waals surface area (Å²) in [5.41, 5.74) is 1.84. The number of likely N-dealkylation sites (tertiary alicyclic amines) is 1. The quantitative estimate of drug-likeness (QED) is 0.658. The Bertz CT molecular complexity index is 985. The molecular formula is C28H37FN4O2. The van der Waals surface area contributed by atoms with E-state index in [1.54, 1.807) is 12.1 Å². The van der Waals surface area contributed by atoms with Gasteiger partial charge in [0.15, 0.2) is 0 Å². The monoisotopic (exact) mass is 480 g/mol. The first-order valence-corrected chi connectivity index (χ1v) is 12.8. The molecule has 0 spiro atoms. The molecule has 2 fully saturated rings.